The quantitative estimate of drug-likeness (QED) is 0.173. The highest BCUT2D eigenvalue weighted by molar-refractivity contribution is 6.51. The maximum absolute atomic E-state index is 13.4. The Morgan fingerprint density at radius 3 is 2.29 bits per heavy atom. The lowest BCUT2D eigenvalue weighted by Crippen LogP contribution is -2.29. The summed E-state index contributed by atoms with van der Waals surface area (Å²) in [5.41, 5.74) is -0.905. The van der Waals surface area contributed by atoms with Gasteiger partial charge in [-0.15, -0.1) is 0 Å². The van der Waals surface area contributed by atoms with Crippen LogP contribution in [0, 0.1) is 17.0 Å². The highest BCUT2D eigenvalue weighted by Gasteiger charge is 2.47. The van der Waals surface area contributed by atoms with Crippen molar-refractivity contribution in [2.45, 2.75) is 19.1 Å². The van der Waals surface area contributed by atoms with Gasteiger partial charge in [0.25, 0.3) is 17.4 Å². The smallest absolute Gasteiger partial charge is 0.416 e. The highest BCUT2D eigenvalue weighted by atomic mass is 19.4. The molecule has 1 saturated heterocycles. The molecule has 1 amide bonds. The summed E-state index contributed by atoms with van der Waals surface area (Å²) in [5, 5.41) is 22.4. The Bertz CT molecular complexity index is 1380. The van der Waals surface area contributed by atoms with Crippen molar-refractivity contribution in [2.24, 2.45) is 0 Å². The first-order chi connectivity index (χ1) is 16.5. The van der Waals surface area contributed by atoms with Gasteiger partial charge in [0.1, 0.15) is 5.76 Å². The number of benzene rings is 3. The predicted octanol–water partition coefficient (Wildman–Crippen LogP) is 5.55. The standard InChI is InChI=1S/C25H17F3N2O5/c1-14-8-10-15(11-9-14)22(31)20-21(16-4-2-7-19(12-16)30(34)35)29(24(33)23(20)32)18-6-3-5-17(13-18)25(26,27)28/h2-13,21,31H,1H3/t21-/m0/s1. The van der Waals surface area contributed by atoms with E-state index in [9.17, 15) is 38.0 Å². The summed E-state index contributed by atoms with van der Waals surface area (Å²) in [6, 6.07) is 13.8. The molecule has 1 heterocycles. The molecule has 1 aliphatic rings. The zero-order valence-electron chi connectivity index (χ0n) is 18.1. The maximum atomic E-state index is 13.4. The summed E-state index contributed by atoms with van der Waals surface area (Å²) < 4.78 is 40.1. The minimum Gasteiger partial charge on any atom is -0.507 e. The minimum atomic E-state index is -4.72. The molecule has 0 saturated carbocycles. The minimum absolute atomic E-state index is 0.0736. The second-order valence-corrected chi connectivity index (χ2v) is 7.94. The number of aliphatic hydroxyl groups is 1. The number of non-ortho nitro benzene ring substituents is 1. The summed E-state index contributed by atoms with van der Waals surface area (Å²) in [5.74, 6) is -2.85. The van der Waals surface area contributed by atoms with Crippen molar-refractivity contribution < 1.29 is 32.8 Å². The average Bonchev–Trinajstić information content (AvgIpc) is 3.09. The molecule has 1 aliphatic heterocycles. The number of ketones is 1. The molecule has 0 bridgehead atoms. The number of nitro benzene ring substituents is 1. The van der Waals surface area contributed by atoms with Crippen LogP contribution in [0.5, 0.6) is 0 Å². The largest absolute Gasteiger partial charge is 0.507 e. The predicted molar refractivity (Wildman–Crippen MR) is 121 cm³/mol. The normalized spacial score (nSPS) is 17.6. The molecule has 0 aliphatic carbocycles. The summed E-state index contributed by atoms with van der Waals surface area (Å²) in [4.78, 5) is 37.7. The van der Waals surface area contributed by atoms with Crippen molar-refractivity contribution >= 4 is 28.8 Å². The Hall–Kier alpha value is -4.47. The highest BCUT2D eigenvalue weighted by Crippen LogP contribution is 2.44. The summed E-state index contributed by atoms with van der Waals surface area (Å²) in [6.07, 6.45) is -4.72. The van der Waals surface area contributed by atoms with E-state index in [0.717, 1.165) is 28.7 Å². The van der Waals surface area contributed by atoms with Crippen LogP contribution in [0.2, 0.25) is 0 Å². The molecular weight excluding hydrogens is 465 g/mol. The topological polar surface area (TPSA) is 101 Å². The number of rotatable bonds is 4. The van der Waals surface area contributed by atoms with Crippen LogP contribution in [0.4, 0.5) is 24.5 Å². The van der Waals surface area contributed by atoms with Gasteiger partial charge >= 0.3 is 6.18 Å². The van der Waals surface area contributed by atoms with E-state index in [-0.39, 0.29) is 22.5 Å². The van der Waals surface area contributed by atoms with E-state index in [0.29, 0.717) is 6.07 Å². The van der Waals surface area contributed by atoms with Crippen molar-refractivity contribution in [3.8, 4) is 0 Å². The molecule has 4 rings (SSSR count). The Morgan fingerprint density at radius 1 is 1.00 bits per heavy atom. The third-order valence-electron chi connectivity index (χ3n) is 5.62. The van der Waals surface area contributed by atoms with Crippen molar-refractivity contribution in [1.29, 1.82) is 0 Å². The van der Waals surface area contributed by atoms with Crippen molar-refractivity contribution in [2.75, 3.05) is 4.90 Å². The van der Waals surface area contributed by atoms with Gasteiger partial charge in [0.05, 0.1) is 22.1 Å². The van der Waals surface area contributed by atoms with Crippen LogP contribution in [-0.2, 0) is 15.8 Å². The molecule has 0 spiro atoms. The van der Waals surface area contributed by atoms with Gasteiger partial charge in [-0.25, -0.2) is 0 Å². The van der Waals surface area contributed by atoms with E-state index >= 15 is 0 Å². The second kappa shape index (κ2) is 8.71. The molecule has 178 valence electrons. The molecule has 0 unspecified atom stereocenters. The van der Waals surface area contributed by atoms with Crippen LogP contribution in [0.1, 0.15) is 28.3 Å². The molecule has 7 nitrogen and oxygen atoms in total. The number of halogens is 3. The van der Waals surface area contributed by atoms with E-state index in [1.165, 1.54) is 36.4 Å². The maximum Gasteiger partial charge on any atom is 0.416 e. The zero-order chi connectivity index (χ0) is 25.5. The van der Waals surface area contributed by atoms with E-state index in [2.05, 4.69) is 0 Å². The number of aliphatic hydroxyl groups excluding tert-OH is 1. The number of Topliss-reactive ketones (excluding diaryl/α,β-unsaturated/α-hetero) is 1. The Balaban J connectivity index is 1.97. The monoisotopic (exact) mass is 482 g/mol. The molecule has 10 heteroatoms. The molecule has 1 N–H and O–H groups in total. The van der Waals surface area contributed by atoms with Gasteiger partial charge in [0.15, 0.2) is 0 Å². The van der Waals surface area contributed by atoms with Gasteiger partial charge in [-0.3, -0.25) is 24.6 Å². The number of carbonyl (C=O) groups is 2. The summed E-state index contributed by atoms with van der Waals surface area (Å²) in [7, 11) is 0. The molecule has 3 aromatic carbocycles. The van der Waals surface area contributed by atoms with Gasteiger partial charge in [0, 0.05) is 23.4 Å². The lowest BCUT2D eigenvalue weighted by molar-refractivity contribution is -0.384. The fourth-order valence-corrected chi connectivity index (χ4v) is 3.92. The SMILES string of the molecule is Cc1ccc(C(O)=C2C(=O)C(=O)N(c3cccc(C(F)(F)F)c3)[C@H]2c2cccc([N+](=O)[O-])c2)cc1. The van der Waals surface area contributed by atoms with Gasteiger partial charge in [0.2, 0.25) is 0 Å². The number of hydrogen-bond donors (Lipinski definition) is 1. The number of anilines is 1. The van der Waals surface area contributed by atoms with E-state index in [4.69, 9.17) is 0 Å². The fraction of sp³-hybridized carbons (Fsp3) is 0.120. The van der Waals surface area contributed by atoms with Crippen LogP contribution >= 0.6 is 0 Å². The lowest BCUT2D eigenvalue weighted by atomic mass is 9.94. The summed E-state index contributed by atoms with van der Waals surface area (Å²) in [6.45, 7) is 1.81. The van der Waals surface area contributed by atoms with Gasteiger partial charge in [-0.2, -0.15) is 13.2 Å². The number of nitro groups is 1. The molecule has 35 heavy (non-hydrogen) atoms. The lowest BCUT2D eigenvalue weighted by Gasteiger charge is -2.26. The van der Waals surface area contributed by atoms with Crippen LogP contribution in [0.15, 0.2) is 78.4 Å². The first kappa shape index (κ1) is 23.7. The van der Waals surface area contributed by atoms with E-state index in [1.807, 2.05) is 0 Å². The third-order valence-corrected chi connectivity index (χ3v) is 5.62. The molecule has 0 radical (unpaired) electrons. The van der Waals surface area contributed by atoms with Gasteiger partial charge in [-0.1, -0.05) is 48.0 Å². The number of amides is 1. The number of carbonyl (C=O) groups excluding carboxylic acids is 2. The number of alkyl halides is 3. The number of aryl methyl sites for hydroxylation is 1. The first-order valence-corrected chi connectivity index (χ1v) is 10.3. The zero-order valence-corrected chi connectivity index (χ0v) is 18.1. The van der Waals surface area contributed by atoms with Crippen molar-refractivity contribution in [3.05, 3.63) is 111 Å². The van der Waals surface area contributed by atoms with E-state index < -0.39 is 45.7 Å². The van der Waals surface area contributed by atoms with Crippen molar-refractivity contribution in [1.82, 2.24) is 0 Å². The van der Waals surface area contributed by atoms with Crippen LogP contribution < -0.4 is 4.90 Å². The fourth-order valence-electron chi connectivity index (χ4n) is 3.92. The Kier molecular flexibility index (Phi) is 5.89. The third kappa shape index (κ3) is 4.37. The van der Waals surface area contributed by atoms with E-state index in [1.54, 1.807) is 19.1 Å². The molecule has 1 fully saturated rings. The van der Waals surface area contributed by atoms with Crippen LogP contribution in [0.25, 0.3) is 5.76 Å². The molecule has 0 aromatic heterocycles. The van der Waals surface area contributed by atoms with Crippen LogP contribution in [-0.4, -0.2) is 21.7 Å². The van der Waals surface area contributed by atoms with Gasteiger partial charge in [-0.05, 0) is 30.7 Å². The Morgan fingerprint density at radius 2 is 1.66 bits per heavy atom. The molecular formula is C25H17F3N2O5. The number of nitrogens with zero attached hydrogens (tertiary/aromatic N) is 2. The average molecular weight is 482 g/mol. The first-order valence-electron chi connectivity index (χ1n) is 10.3. The Labute approximate surface area is 196 Å². The molecule has 3 aromatic rings. The number of hydrogen-bond acceptors (Lipinski definition) is 5. The van der Waals surface area contributed by atoms with Crippen molar-refractivity contribution in [3.63, 3.8) is 0 Å². The second-order valence-electron chi connectivity index (χ2n) is 7.94. The van der Waals surface area contributed by atoms with Crippen LogP contribution in [0.3, 0.4) is 0 Å². The molecule has 1 atom stereocenters. The van der Waals surface area contributed by atoms with Gasteiger partial charge < -0.3 is 5.11 Å². The summed E-state index contributed by atoms with van der Waals surface area (Å²) >= 11 is 0.